The Morgan fingerprint density at radius 3 is 2.71 bits per heavy atom. The van der Waals surface area contributed by atoms with Crippen LogP contribution in [-0.4, -0.2) is 10.5 Å². The van der Waals surface area contributed by atoms with Gasteiger partial charge in [0.15, 0.2) is 0 Å². The zero-order valence-corrected chi connectivity index (χ0v) is 10.2. The molecule has 0 spiro atoms. The number of hydrogen-bond donors (Lipinski definition) is 1. The molecule has 2 N–H and O–H groups in total. The Labute approximate surface area is 90.6 Å². The summed E-state index contributed by atoms with van der Waals surface area (Å²) < 4.78 is 0. The first-order valence-electron chi connectivity index (χ1n) is 5.23. The van der Waals surface area contributed by atoms with E-state index in [0.717, 1.165) is 25.7 Å². The monoisotopic (exact) mass is 212 g/mol. The zero-order valence-electron chi connectivity index (χ0n) is 9.34. The zero-order chi connectivity index (χ0) is 10.6. The van der Waals surface area contributed by atoms with Crippen molar-refractivity contribution in [1.29, 1.82) is 0 Å². The van der Waals surface area contributed by atoms with Crippen LogP contribution in [0.3, 0.4) is 0 Å². The van der Waals surface area contributed by atoms with Crippen LogP contribution in [0.15, 0.2) is 5.38 Å². The first-order chi connectivity index (χ1) is 6.51. The maximum atomic E-state index is 5.91. The summed E-state index contributed by atoms with van der Waals surface area (Å²) in [7, 11) is 0. The first-order valence-corrected chi connectivity index (χ1v) is 6.11. The predicted octanol–water partition coefficient (Wildman–Crippen LogP) is 2.77. The van der Waals surface area contributed by atoms with Crippen molar-refractivity contribution in [3.8, 4) is 0 Å². The molecule has 0 unspecified atom stereocenters. The summed E-state index contributed by atoms with van der Waals surface area (Å²) in [5.74, 6) is 0. The molecule has 80 valence electrons. The van der Waals surface area contributed by atoms with Crippen LogP contribution >= 0.6 is 11.3 Å². The van der Waals surface area contributed by atoms with Gasteiger partial charge in [-0.05, 0) is 39.5 Å². The van der Waals surface area contributed by atoms with Gasteiger partial charge in [-0.25, -0.2) is 4.98 Å². The largest absolute Gasteiger partial charge is 0.326 e. The Hall–Kier alpha value is -0.410. The van der Waals surface area contributed by atoms with Crippen molar-refractivity contribution in [3.05, 3.63) is 16.1 Å². The van der Waals surface area contributed by atoms with Crippen molar-refractivity contribution < 1.29 is 0 Å². The smallest absolute Gasteiger partial charge is 0.0928 e. The SMILES string of the molecule is CCc1csc(CCCC(C)(C)N)n1. The third-order valence-corrected chi connectivity index (χ3v) is 3.13. The van der Waals surface area contributed by atoms with Gasteiger partial charge in [-0.1, -0.05) is 6.92 Å². The summed E-state index contributed by atoms with van der Waals surface area (Å²) in [6.07, 6.45) is 4.32. The molecule has 1 heterocycles. The average molecular weight is 212 g/mol. The minimum Gasteiger partial charge on any atom is -0.326 e. The lowest BCUT2D eigenvalue weighted by atomic mass is 9.99. The van der Waals surface area contributed by atoms with Crippen LogP contribution in [0.5, 0.6) is 0 Å². The lowest BCUT2D eigenvalue weighted by Crippen LogP contribution is -2.31. The van der Waals surface area contributed by atoms with Crippen LogP contribution in [0.25, 0.3) is 0 Å². The summed E-state index contributed by atoms with van der Waals surface area (Å²) in [6.45, 7) is 6.29. The summed E-state index contributed by atoms with van der Waals surface area (Å²) in [6, 6.07) is 0. The van der Waals surface area contributed by atoms with E-state index in [1.165, 1.54) is 10.7 Å². The maximum absolute atomic E-state index is 5.91. The number of rotatable bonds is 5. The fourth-order valence-electron chi connectivity index (χ4n) is 1.32. The van der Waals surface area contributed by atoms with Gasteiger partial charge in [-0.2, -0.15) is 0 Å². The van der Waals surface area contributed by atoms with E-state index in [4.69, 9.17) is 5.73 Å². The Morgan fingerprint density at radius 2 is 2.21 bits per heavy atom. The molecule has 0 atom stereocenters. The average Bonchev–Trinajstić information content (AvgIpc) is 2.50. The Bertz CT molecular complexity index is 273. The fraction of sp³-hybridized carbons (Fsp3) is 0.727. The van der Waals surface area contributed by atoms with E-state index >= 15 is 0 Å². The molecule has 0 aliphatic heterocycles. The molecule has 0 fully saturated rings. The molecule has 14 heavy (non-hydrogen) atoms. The lowest BCUT2D eigenvalue weighted by Gasteiger charge is -2.17. The molecular weight excluding hydrogens is 192 g/mol. The molecule has 0 saturated heterocycles. The third-order valence-electron chi connectivity index (χ3n) is 2.17. The normalized spacial score (nSPS) is 12.0. The van der Waals surface area contributed by atoms with Crippen LogP contribution < -0.4 is 5.73 Å². The highest BCUT2D eigenvalue weighted by atomic mass is 32.1. The van der Waals surface area contributed by atoms with Gasteiger partial charge < -0.3 is 5.73 Å². The van der Waals surface area contributed by atoms with Crippen molar-refractivity contribution in [2.75, 3.05) is 0 Å². The molecule has 1 aromatic rings. The number of aromatic nitrogens is 1. The second-order valence-electron chi connectivity index (χ2n) is 4.43. The second-order valence-corrected chi connectivity index (χ2v) is 5.37. The van der Waals surface area contributed by atoms with Crippen molar-refractivity contribution in [2.24, 2.45) is 5.73 Å². The molecule has 0 saturated carbocycles. The van der Waals surface area contributed by atoms with E-state index in [1.807, 2.05) is 0 Å². The second kappa shape index (κ2) is 4.89. The van der Waals surface area contributed by atoms with E-state index in [0.29, 0.717) is 0 Å². The molecule has 0 aromatic carbocycles. The Balaban J connectivity index is 2.31. The molecule has 2 nitrogen and oxygen atoms in total. The van der Waals surface area contributed by atoms with Crippen LogP contribution in [-0.2, 0) is 12.8 Å². The fourth-order valence-corrected chi connectivity index (χ4v) is 2.24. The van der Waals surface area contributed by atoms with Crippen LogP contribution in [0.4, 0.5) is 0 Å². The van der Waals surface area contributed by atoms with Crippen LogP contribution in [0.2, 0.25) is 0 Å². The molecule has 0 radical (unpaired) electrons. The topological polar surface area (TPSA) is 38.9 Å². The maximum Gasteiger partial charge on any atom is 0.0928 e. The summed E-state index contributed by atoms with van der Waals surface area (Å²) in [5.41, 5.74) is 7.10. The number of aryl methyl sites for hydroxylation is 2. The van der Waals surface area contributed by atoms with Gasteiger partial charge in [0.2, 0.25) is 0 Å². The van der Waals surface area contributed by atoms with E-state index in [2.05, 4.69) is 31.1 Å². The van der Waals surface area contributed by atoms with Gasteiger partial charge in [0.25, 0.3) is 0 Å². The summed E-state index contributed by atoms with van der Waals surface area (Å²) in [4.78, 5) is 4.53. The first kappa shape index (κ1) is 11.7. The Morgan fingerprint density at radius 1 is 1.50 bits per heavy atom. The predicted molar refractivity (Wildman–Crippen MR) is 62.7 cm³/mol. The third kappa shape index (κ3) is 4.20. The quantitative estimate of drug-likeness (QED) is 0.815. The van der Waals surface area contributed by atoms with Gasteiger partial charge in [0.1, 0.15) is 0 Å². The van der Waals surface area contributed by atoms with Gasteiger partial charge in [-0.3, -0.25) is 0 Å². The molecule has 0 amide bonds. The Kier molecular flexibility index (Phi) is 4.08. The van der Waals surface area contributed by atoms with Gasteiger partial charge in [0.05, 0.1) is 10.7 Å². The van der Waals surface area contributed by atoms with E-state index in [-0.39, 0.29) is 5.54 Å². The number of nitrogens with two attached hydrogens (primary N) is 1. The van der Waals surface area contributed by atoms with E-state index in [9.17, 15) is 0 Å². The number of hydrogen-bond acceptors (Lipinski definition) is 3. The van der Waals surface area contributed by atoms with E-state index < -0.39 is 0 Å². The summed E-state index contributed by atoms with van der Waals surface area (Å²) in [5, 5.41) is 3.41. The summed E-state index contributed by atoms with van der Waals surface area (Å²) >= 11 is 1.77. The van der Waals surface area contributed by atoms with Gasteiger partial charge >= 0.3 is 0 Å². The molecular formula is C11H20N2S. The minimum atomic E-state index is -0.0369. The van der Waals surface area contributed by atoms with E-state index in [1.54, 1.807) is 11.3 Å². The molecule has 3 heteroatoms. The van der Waals surface area contributed by atoms with Crippen molar-refractivity contribution >= 4 is 11.3 Å². The van der Waals surface area contributed by atoms with Crippen molar-refractivity contribution in [2.45, 2.75) is 52.0 Å². The molecule has 0 aliphatic rings. The molecule has 0 bridgehead atoms. The number of nitrogens with zero attached hydrogens (tertiary/aromatic N) is 1. The van der Waals surface area contributed by atoms with Crippen LogP contribution in [0, 0.1) is 0 Å². The molecule has 0 aliphatic carbocycles. The lowest BCUT2D eigenvalue weighted by molar-refractivity contribution is 0.459. The van der Waals surface area contributed by atoms with Gasteiger partial charge in [0, 0.05) is 10.9 Å². The minimum absolute atomic E-state index is 0.0369. The molecule has 1 aromatic heterocycles. The van der Waals surface area contributed by atoms with Crippen molar-refractivity contribution in [1.82, 2.24) is 4.98 Å². The van der Waals surface area contributed by atoms with Gasteiger partial charge in [-0.15, -0.1) is 11.3 Å². The van der Waals surface area contributed by atoms with Crippen molar-refractivity contribution in [3.63, 3.8) is 0 Å². The standard InChI is InChI=1S/C11H20N2S/c1-4-9-8-14-10(13-9)6-5-7-11(2,3)12/h8H,4-7,12H2,1-3H3. The van der Waals surface area contributed by atoms with Crippen LogP contribution in [0.1, 0.15) is 44.3 Å². The highest BCUT2D eigenvalue weighted by Gasteiger charge is 2.10. The number of thiazole rings is 1. The molecule has 1 rings (SSSR count). The highest BCUT2D eigenvalue weighted by molar-refractivity contribution is 7.09. The highest BCUT2D eigenvalue weighted by Crippen LogP contribution is 2.15.